The Bertz CT molecular complexity index is 1090. The van der Waals surface area contributed by atoms with E-state index in [9.17, 15) is 4.79 Å². The predicted octanol–water partition coefficient (Wildman–Crippen LogP) is 5.35. The van der Waals surface area contributed by atoms with E-state index in [-0.39, 0.29) is 5.91 Å². The number of thiazole rings is 1. The lowest BCUT2D eigenvalue weighted by Gasteiger charge is -2.19. The Kier molecular flexibility index (Phi) is 5.13. The molecule has 136 valence electrons. The largest absolute Gasteiger partial charge is 0.497 e. The van der Waals surface area contributed by atoms with Gasteiger partial charge in [-0.2, -0.15) is 0 Å². The summed E-state index contributed by atoms with van der Waals surface area (Å²) < 4.78 is 12.6. The van der Waals surface area contributed by atoms with Crippen LogP contribution < -0.4 is 9.64 Å². The number of nitrogens with zero attached hydrogens (tertiary/aromatic N) is 2. The Morgan fingerprint density at radius 2 is 2.07 bits per heavy atom. The molecule has 7 heteroatoms. The fourth-order valence-electron chi connectivity index (χ4n) is 2.70. The van der Waals surface area contributed by atoms with Crippen molar-refractivity contribution in [2.45, 2.75) is 6.54 Å². The molecule has 2 aromatic carbocycles. The smallest absolute Gasteiger partial charge is 0.261 e. The Morgan fingerprint density at radius 3 is 2.81 bits per heavy atom. The second-order valence-electron chi connectivity index (χ2n) is 5.78. The normalized spacial score (nSPS) is 10.9. The van der Waals surface area contributed by atoms with Crippen LogP contribution in [0.1, 0.15) is 16.1 Å². The molecule has 0 radical (unpaired) electrons. The minimum Gasteiger partial charge on any atom is -0.497 e. The molecule has 0 aliphatic heterocycles. The number of furan rings is 1. The van der Waals surface area contributed by atoms with Crippen LogP contribution >= 0.6 is 33.9 Å². The average Bonchev–Trinajstić information content (AvgIpc) is 3.34. The van der Waals surface area contributed by atoms with Crippen molar-refractivity contribution in [3.8, 4) is 5.75 Å². The minimum atomic E-state index is -0.109. The number of hydrogen-bond donors (Lipinski definition) is 0. The van der Waals surface area contributed by atoms with Crippen molar-refractivity contribution in [1.29, 1.82) is 0 Å². The Hall–Kier alpha value is -2.39. The summed E-state index contributed by atoms with van der Waals surface area (Å²) in [5, 5.41) is 0.624. The zero-order valence-corrected chi connectivity index (χ0v) is 17.4. The van der Waals surface area contributed by atoms with Crippen molar-refractivity contribution in [3.05, 3.63) is 75.8 Å². The van der Waals surface area contributed by atoms with Gasteiger partial charge in [-0.1, -0.05) is 23.5 Å². The number of halogens is 1. The Morgan fingerprint density at radius 1 is 1.22 bits per heavy atom. The van der Waals surface area contributed by atoms with E-state index < -0.39 is 0 Å². The zero-order chi connectivity index (χ0) is 18.8. The number of fused-ring (bicyclic) bond motifs is 1. The van der Waals surface area contributed by atoms with Crippen LogP contribution in [0.4, 0.5) is 5.13 Å². The second-order valence-corrected chi connectivity index (χ2v) is 7.95. The van der Waals surface area contributed by atoms with Crippen LogP contribution in [0.3, 0.4) is 0 Å². The number of carbonyl (C=O) groups excluding carboxylic acids is 1. The molecule has 2 heterocycles. The summed E-state index contributed by atoms with van der Waals surface area (Å²) in [6.45, 7) is 0.313. The molecule has 4 rings (SSSR count). The summed E-state index contributed by atoms with van der Waals surface area (Å²) in [6, 6.07) is 16.9. The molecule has 0 bridgehead atoms. The van der Waals surface area contributed by atoms with Crippen LogP contribution in [0.5, 0.6) is 5.75 Å². The molecule has 0 N–H and O–H groups in total. The summed E-state index contributed by atoms with van der Waals surface area (Å²) in [6.07, 6.45) is 1.60. The Labute approximate surface area is 173 Å². The van der Waals surface area contributed by atoms with Crippen molar-refractivity contribution >= 4 is 55.2 Å². The quantitative estimate of drug-likeness (QED) is 0.354. The number of benzene rings is 2. The molecule has 0 atom stereocenters. The lowest BCUT2D eigenvalue weighted by Crippen LogP contribution is -2.30. The van der Waals surface area contributed by atoms with Gasteiger partial charge in [-0.15, -0.1) is 0 Å². The Balaban J connectivity index is 1.78. The van der Waals surface area contributed by atoms with Gasteiger partial charge in [-0.05, 0) is 65.1 Å². The van der Waals surface area contributed by atoms with Gasteiger partial charge >= 0.3 is 0 Å². The SMILES string of the molecule is COc1ccc2nc(N(Cc3ccco3)C(=O)c3ccccc3I)sc2c1. The van der Waals surface area contributed by atoms with Crippen molar-refractivity contribution in [2.75, 3.05) is 12.0 Å². The molecule has 0 aliphatic rings. The van der Waals surface area contributed by atoms with Gasteiger partial charge in [0.25, 0.3) is 5.91 Å². The molecule has 0 fully saturated rings. The summed E-state index contributed by atoms with van der Waals surface area (Å²) in [5.74, 6) is 1.35. The third kappa shape index (κ3) is 3.70. The molecule has 0 saturated carbocycles. The van der Waals surface area contributed by atoms with E-state index in [4.69, 9.17) is 9.15 Å². The molecule has 4 aromatic rings. The highest BCUT2D eigenvalue weighted by atomic mass is 127. The van der Waals surface area contributed by atoms with Crippen LogP contribution in [-0.4, -0.2) is 18.0 Å². The number of methoxy groups -OCH3 is 1. The van der Waals surface area contributed by atoms with Gasteiger partial charge in [0.05, 0.1) is 35.7 Å². The summed E-state index contributed by atoms with van der Waals surface area (Å²) in [7, 11) is 1.63. The van der Waals surface area contributed by atoms with E-state index in [1.165, 1.54) is 11.3 Å². The molecule has 1 amide bonds. The maximum absolute atomic E-state index is 13.3. The van der Waals surface area contributed by atoms with E-state index in [1.54, 1.807) is 18.3 Å². The van der Waals surface area contributed by atoms with Crippen LogP contribution in [0.2, 0.25) is 0 Å². The first-order valence-electron chi connectivity index (χ1n) is 8.19. The molecule has 0 saturated heterocycles. The van der Waals surface area contributed by atoms with E-state index in [0.29, 0.717) is 23.0 Å². The standard InChI is InChI=1S/C20H15IN2O3S/c1-25-13-8-9-17-18(11-13)27-20(22-17)23(12-14-5-4-10-26-14)19(24)15-6-2-3-7-16(15)21/h2-11H,12H2,1H3. The van der Waals surface area contributed by atoms with Crippen LogP contribution in [0.25, 0.3) is 10.2 Å². The number of aromatic nitrogens is 1. The molecule has 0 unspecified atom stereocenters. The maximum Gasteiger partial charge on any atom is 0.261 e. The monoisotopic (exact) mass is 490 g/mol. The fourth-order valence-corrected chi connectivity index (χ4v) is 4.31. The zero-order valence-electron chi connectivity index (χ0n) is 14.4. The number of rotatable bonds is 5. The van der Waals surface area contributed by atoms with Gasteiger partial charge in [0.2, 0.25) is 0 Å². The number of anilines is 1. The van der Waals surface area contributed by atoms with E-state index in [2.05, 4.69) is 27.6 Å². The van der Waals surface area contributed by atoms with Gasteiger partial charge in [0.15, 0.2) is 5.13 Å². The van der Waals surface area contributed by atoms with E-state index >= 15 is 0 Å². The lowest BCUT2D eigenvalue weighted by molar-refractivity contribution is 0.0982. The van der Waals surface area contributed by atoms with Crippen molar-refractivity contribution in [1.82, 2.24) is 4.98 Å². The number of carbonyl (C=O) groups is 1. The topological polar surface area (TPSA) is 55.6 Å². The third-order valence-corrected chi connectivity index (χ3v) is 6.04. The fraction of sp³-hybridized carbons (Fsp3) is 0.100. The maximum atomic E-state index is 13.3. The summed E-state index contributed by atoms with van der Waals surface area (Å²) >= 11 is 3.63. The highest BCUT2D eigenvalue weighted by Crippen LogP contribution is 2.33. The van der Waals surface area contributed by atoms with E-state index in [1.807, 2.05) is 54.6 Å². The lowest BCUT2D eigenvalue weighted by atomic mass is 10.2. The van der Waals surface area contributed by atoms with Crippen LogP contribution in [0.15, 0.2) is 65.3 Å². The number of amides is 1. The minimum absolute atomic E-state index is 0.109. The second kappa shape index (κ2) is 7.69. The van der Waals surface area contributed by atoms with E-state index in [0.717, 1.165) is 19.5 Å². The predicted molar refractivity (Wildman–Crippen MR) is 115 cm³/mol. The highest BCUT2D eigenvalue weighted by molar-refractivity contribution is 14.1. The van der Waals surface area contributed by atoms with Crippen molar-refractivity contribution in [3.63, 3.8) is 0 Å². The first kappa shape index (κ1) is 18.0. The molecular formula is C20H15IN2O3S. The number of ether oxygens (including phenoxy) is 1. The van der Waals surface area contributed by atoms with Gasteiger partial charge in [-0.3, -0.25) is 9.69 Å². The molecule has 0 spiro atoms. The molecule has 5 nitrogen and oxygen atoms in total. The number of hydrogen-bond acceptors (Lipinski definition) is 5. The summed E-state index contributed by atoms with van der Waals surface area (Å²) in [4.78, 5) is 19.6. The van der Waals surface area contributed by atoms with Crippen LogP contribution in [-0.2, 0) is 6.54 Å². The van der Waals surface area contributed by atoms with Gasteiger partial charge in [0.1, 0.15) is 11.5 Å². The third-order valence-electron chi connectivity index (χ3n) is 4.06. The molecule has 27 heavy (non-hydrogen) atoms. The first-order valence-corrected chi connectivity index (χ1v) is 10.1. The summed E-state index contributed by atoms with van der Waals surface area (Å²) in [5.41, 5.74) is 1.47. The molecule has 2 aromatic heterocycles. The van der Waals surface area contributed by atoms with Gasteiger partial charge in [0, 0.05) is 3.57 Å². The van der Waals surface area contributed by atoms with Crippen molar-refractivity contribution < 1.29 is 13.9 Å². The van der Waals surface area contributed by atoms with Gasteiger partial charge in [-0.25, -0.2) is 4.98 Å². The van der Waals surface area contributed by atoms with Crippen molar-refractivity contribution in [2.24, 2.45) is 0 Å². The first-order chi connectivity index (χ1) is 13.2. The average molecular weight is 490 g/mol. The molecule has 0 aliphatic carbocycles. The molecular weight excluding hydrogens is 475 g/mol. The van der Waals surface area contributed by atoms with Crippen LogP contribution in [0, 0.1) is 3.57 Å². The highest BCUT2D eigenvalue weighted by Gasteiger charge is 2.24. The van der Waals surface area contributed by atoms with Gasteiger partial charge < -0.3 is 9.15 Å².